The molecule has 0 bridgehead atoms. The van der Waals surface area contributed by atoms with E-state index in [1.807, 2.05) is 6.20 Å². The van der Waals surface area contributed by atoms with Crippen LogP contribution >= 0.6 is 0 Å². The molecule has 1 atom stereocenters. The maximum Gasteiger partial charge on any atom is 0.119 e. The lowest BCUT2D eigenvalue weighted by molar-refractivity contribution is 0.230. The molecule has 0 unspecified atom stereocenters. The maximum absolute atomic E-state index is 5.90. The third-order valence-electron chi connectivity index (χ3n) is 5.08. The Kier molecular flexibility index (Phi) is 6.03. The smallest absolute Gasteiger partial charge is 0.119 e. The zero-order valence-electron chi connectivity index (χ0n) is 15.7. The fourth-order valence-corrected chi connectivity index (χ4v) is 3.42. The van der Waals surface area contributed by atoms with Gasteiger partial charge >= 0.3 is 0 Å². The molecule has 1 fully saturated rings. The molecule has 1 N–H and O–H groups in total. The first-order valence-electron chi connectivity index (χ1n) is 9.53. The van der Waals surface area contributed by atoms with Crippen molar-refractivity contribution < 1.29 is 4.74 Å². The summed E-state index contributed by atoms with van der Waals surface area (Å²) < 4.78 is 5.90. The Labute approximate surface area is 152 Å². The van der Waals surface area contributed by atoms with Crippen molar-refractivity contribution in [3.05, 3.63) is 48.3 Å². The molecule has 25 heavy (non-hydrogen) atoms. The van der Waals surface area contributed by atoms with E-state index >= 15 is 0 Å². The predicted octanol–water partition coefficient (Wildman–Crippen LogP) is 4.02. The largest absolute Gasteiger partial charge is 0.494 e. The minimum Gasteiger partial charge on any atom is -0.494 e. The molecule has 0 aliphatic carbocycles. The second-order valence-corrected chi connectivity index (χ2v) is 7.30. The fourth-order valence-electron chi connectivity index (χ4n) is 3.42. The topological polar surface area (TPSA) is 27.7 Å². The number of hydrogen-bond acceptors (Lipinski definition) is 4. The van der Waals surface area contributed by atoms with E-state index in [2.05, 4.69) is 72.6 Å². The Morgan fingerprint density at radius 1 is 1.24 bits per heavy atom. The van der Waals surface area contributed by atoms with Crippen LogP contribution in [0.25, 0.3) is 5.57 Å². The van der Waals surface area contributed by atoms with Gasteiger partial charge in [-0.25, -0.2) is 0 Å². The molecule has 136 valence electrons. The molecule has 0 aromatic heterocycles. The van der Waals surface area contributed by atoms with Crippen molar-refractivity contribution in [3.63, 3.8) is 0 Å². The van der Waals surface area contributed by atoms with E-state index in [1.54, 1.807) is 0 Å². The number of likely N-dealkylation sites (tertiary alicyclic amines) is 1. The summed E-state index contributed by atoms with van der Waals surface area (Å²) in [7, 11) is 0. The van der Waals surface area contributed by atoms with Crippen LogP contribution < -0.4 is 10.2 Å². The highest BCUT2D eigenvalue weighted by Gasteiger charge is 2.19. The molecule has 0 spiro atoms. The number of nitrogens with zero attached hydrogens (tertiary/aromatic N) is 2. The second kappa shape index (κ2) is 8.43. The Morgan fingerprint density at radius 3 is 2.64 bits per heavy atom. The molecule has 1 aromatic rings. The van der Waals surface area contributed by atoms with Crippen molar-refractivity contribution in [1.82, 2.24) is 15.3 Å². The van der Waals surface area contributed by atoms with Crippen LogP contribution in [0.4, 0.5) is 0 Å². The van der Waals surface area contributed by atoms with Crippen LogP contribution in [0.15, 0.2) is 42.7 Å². The van der Waals surface area contributed by atoms with Gasteiger partial charge in [-0.05, 0) is 70.4 Å². The minimum absolute atomic E-state index is 0.438. The van der Waals surface area contributed by atoms with Gasteiger partial charge in [0.1, 0.15) is 5.75 Å². The Balaban J connectivity index is 1.44. The number of nitrogens with one attached hydrogen (secondary N) is 1. The average Bonchev–Trinajstić information content (AvgIpc) is 3.04. The SMILES string of the molecule is CC(C)N1C=CC(c2ccc(OCCCN3CCC[C@H]3C)cc2)=CN1. The highest BCUT2D eigenvalue weighted by Crippen LogP contribution is 2.22. The molecular formula is C21H31N3O. The number of ether oxygens (including phenoxy) is 1. The Hall–Kier alpha value is -1.94. The lowest BCUT2D eigenvalue weighted by atomic mass is 10.1. The van der Waals surface area contributed by atoms with Crippen molar-refractivity contribution in [2.24, 2.45) is 0 Å². The van der Waals surface area contributed by atoms with Crippen molar-refractivity contribution >= 4 is 5.57 Å². The zero-order chi connectivity index (χ0) is 17.6. The number of hydrazine groups is 1. The molecule has 0 amide bonds. The first-order valence-corrected chi connectivity index (χ1v) is 9.53. The quantitative estimate of drug-likeness (QED) is 0.758. The van der Waals surface area contributed by atoms with Gasteiger partial charge in [0, 0.05) is 36.6 Å². The van der Waals surface area contributed by atoms with E-state index in [0.717, 1.165) is 31.4 Å². The molecule has 1 saturated heterocycles. The molecule has 0 radical (unpaired) electrons. The molecule has 2 aliphatic rings. The first-order chi connectivity index (χ1) is 12.1. The lowest BCUT2D eigenvalue weighted by Crippen LogP contribution is -2.36. The van der Waals surface area contributed by atoms with E-state index in [4.69, 9.17) is 4.74 Å². The van der Waals surface area contributed by atoms with Gasteiger partial charge in [-0.2, -0.15) is 0 Å². The molecule has 2 heterocycles. The molecule has 0 saturated carbocycles. The van der Waals surface area contributed by atoms with Crippen LogP contribution in [-0.4, -0.2) is 41.7 Å². The molecular weight excluding hydrogens is 310 g/mol. The summed E-state index contributed by atoms with van der Waals surface area (Å²) in [5.74, 6) is 0.954. The van der Waals surface area contributed by atoms with Crippen LogP contribution in [0, 0.1) is 0 Å². The van der Waals surface area contributed by atoms with Gasteiger partial charge in [-0.3, -0.25) is 5.01 Å². The average molecular weight is 341 g/mol. The van der Waals surface area contributed by atoms with E-state index in [1.165, 1.54) is 30.5 Å². The molecule has 1 aromatic carbocycles. The van der Waals surface area contributed by atoms with Crippen LogP contribution in [0.1, 0.15) is 45.6 Å². The molecule has 2 aliphatic heterocycles. The van der Waals surface area contributed by atoms with E-state index in [-0.39, 0.29) is 0 Å². The molecule has 4 heteroatoms. The number of benzene rings is 1. The van der Waals surface area contributed by atoms with Crippen molar-refractivity contribution in [1.29, 1.82) is 0 Å². The minimum atomic E-state index is 0.438. The highest BCUT2D eigenvalue weighted by atomic mass is 16.5. The van der Waals surface area contributed by atoms with Crippen LogP contribution in [0.3, 0.4) is 0 Å². The lowest BCUT2D eigenvalue weighted by Gasteiger charge is -2.27. The monoisotopic (exact) mass is 341 g/mol. The van der Waals surface area contributed by atoms with Gasteiger partial charge in [-0.15, -0.1) is 0 Å². The van der Waals surface area contributed by atoms with Crippen molar-refractivity contribution in [2.45, 2.75) is 52.1 Å². The van der Waals surface area contributed by atoms with Gasteiger partial charge in [0.05, 0.1) is 6.61 Å². The summed E-state index contributed by atoms with van der Waals surface area (Å²) in [6, 6.07) is 9.57. The highest BCUT2D eigenvalue weighted by molar-refractivity contribution is 5.74. The van der Waals surface area contributed by atoms with Crippen LogP contribution in [0.5, 0.6) is 5.75 Å². The normalized spacial score (nSPS) is 20.7. The van der Waals surface area contributed by atoms with E-state index < -0.39 is 0 Å². The van der Waals surface area contributed by atoms with E-state index in [0.29, 0.717) is 6.04 Å². The fraction of sp³-hybridized carbons (Fsp3) is 0.524. The summed E-state index contributed by atoms with van der Waals surface area (Å²) in [4.78, 5) is 2.57. The second-order valence-electron chi connectivity index (χ2n) is 7.30. The number of allylic oxidation sites excluding steroid dienone is 2. The Bertz CT molecular complexity index is 606. The summed E-state index contributed by atoms with van der Waals surface area (Å²) in [6.45, 7) is 9.83. The van der Waals surface area contributed by atoms with Gasteiger partial charge in [-0.1, -0.05) is 12.1 Å². The summed E-state index contributed by atoms with van der Waals surface area (Å²) >= 11 is 0. The third kappa shape index (κ3) is 4.79. The predicted molar refractivity (Wildman–Crippen MR) is 104 cm³/mol. The summed E-state index contributed by atoms with van der Waals surface area (Å²) in [5, 5.41) is 2.09. The molecule has 4 nitrogen and oxygen atoms in total. The van der Waals surface area contributed by atoms with Gasteiger partial charge in [0.15, 0.2) is 0 Å². The summed E-state index contributed by atoms with van der Waals surface area (Å²) in [6.07, 6.45) is 10.1. The third-order valence-corrected chi connectivity index (χ3v) is 5.08. The Morgan fingerprint density at radius 2 is 2.04 bits per heavy atom. The number of hydrogen-bond donors (Lipinski definition) is 1. The number of rotatable bonds is 7. The zero-order valence-corrected chi connectivity index (χ0v) is 15.7. The van der Waals surface area contributed by atoms with Gasteiger partial charge in [0.2, 0.25) is 0 Å². The molecule has 3 rings (SSSR count). The standard InChI is InChI=1S/C21H31N3O/c1-17(2)24-14-11-20(16-22-24)19-7-9-21(10-8-19)25-15-5-13-23-12-4-6-18(23)3/h7-11,14,16-18,22H,4-6,12-13,15H2,1-3H3/t18-/m1/s1. The van der Waals surface area contributed by atoms with Gasteiger partial charge < -0.3 is 15.1 Å². The summed E-state index contributed by atoms with van der Waals surface area (Å²) in [5.41, 5.74) is 5.69. The van der Waals surface area contributed by atoms with Crippen LogP contribution in [0.2, 0.25) is 0 Å². The van der Waals surface area contributed by atoms with Crippen molar-refractivity contribution in [2.75, 3.05) is 19.7 Å². The van der Waals surface area contributed by atoms with Gasteiger partial charge in [0.25, 0.3) is 0 Å². The van der Waals surface area contributed by atoms with E-state index in [9.17, 15) is 0 Å². The van der Waals surface area contributed by atoms with Crippen LogP contribution in [-0.2, 0) is 0 Å². The van der Waals surface area contributed by atoms with Crippen molar-refractivity contribution in [3.8, 4) is 5.75 Å². The first kappa shape index (κ1) is 17.9. The maximum atomic E-state index is 5.90.